The van der Waals surface area contributed by atoms with Gasteiger partial charge in [-0.1, -0.05) is 30.3 Å². The zero-order valence-electron chi connectivity index (χ0n) is 11.4. The van der Waals surface area contributed by atoms with Crippen LogP contribution in [0.1, 0.15) is 18.4 Å². The molecule has 1 fully saturated rings. The fourth-order valence-electron chi connectivity index (χ4n) is 2.36. The maximum Gasteiger partial charge on any atom is 0.460 e. The number of carbonyl (C=O) groups is 1. The molecule has 1 aromatic rings. The van der Waals surface area contributed by atoms with Crippen molar-refractivity contribution in [2.45, 2.75) is 31.8 Å². The molecule has 2 rings (SSSR count). The Hall–Kier alpha value is -1.76. The molecule has 1 amide bonds. The number of hydrogen-bond donors (Lipinski definition) is 1. The van der Waals surface area contributed by atoms with Gasteiger partial charge in [0.2, 0.25) is 0 Å². The zero-order chi connectivity index (χ0) is 15.3. The van der Waals surface area contributed by atoms with E-state index in [1.165, 1.54) is 0 Å². The highest BCUT2D eigenvalue weighted by molar-refractivity contribution is 5.67. The Kier molecular flexibility index (Phi) is 5.06. The van der Waals surface area contributed by atoms with Crippen molar-refractivity contribution in [1.29, 1.82) is 0 Å². The minimum Gasteiger partial charge on any atom is -0.445 e. The van der Waals surface area contributed by atoms with E-state index in [2.05, 4.69) is 5.32 Å². The highest BCUT2D eigenvalue weighted by Crippen LogP contribution is 2.30. The number of nitrogens with one attached hydrogen (secondary N) is 1. The monoisotopic (exact) mass is 302 g/mol. The van der Waals surface area contributed by atoms with E-state index >= 15 is 0 Å². The lowest BCUT2D eigenvalue weighted by atomic mass is 10.2. The molecule has 116 valence electrons. The van der Waals surface area contributed by atoms with Crippen molar-refractivity contribution < 1.29 is 22.7 Å². The van der Waals surface area contributed by atoms with Crippen molar-refractivity contribution in [3.8, 4) is 0 Å². The van der Waals surface area contributed by atoms with Crippen LogP contribution in [0, 0.1) is 0 Å². The van der Waals surface area contributed by atoms with Crippen LogP contribution < -0.4 is 5.32 Å². The number of likely N-dealkylation sites (tertiary alicyclic amines) is 1. The van der Waals surface area contributed by atoms with Crippen LogP contribution in [0.2, 0.25) is 0 Å². The first-order chi connectivity index (χ1) is 9.97. The van der Waals surface area contributed by atoms with Crippen molar-refractivity contribution >= 4 is 6.09 Å². The number of halogens is 3. The van der Waals surface area contributed by atoms with Gasteiger partial charge in [-0.3, -0.25) is 0 Å². The molecule has 0 unspecified atom stereocenters. The summed E-state index contributed by atoms with van der Waals surface area (Å²) in [5.41, 5.74) is 0.824. The molecule has 1 atom stereocenters. The summed E-state index contributed by atoms with van der Waals surface area (Å²) in [5, 5.41) is 2.39. The van der Waals surface area contributed by atoms with E-state index in [4.69, 9.17) is 4.74 Å². The lowest BCUT2D eigenvalue weighted by Gasteiger charge is -2.26. The molecule has 4 nitrogen and oxygen atoms in total. The quantitative estimate of drug-likeness (QED) is 0.870. The number of nitrogens with zero attached hydrogens (tertiary/aromatic N) is 1. The van der Waals surface area contributed by atoms with Crippen LogP contribution in [0.15, 0.2) is 30.3 Å². The molecule has 0 aliphatic carbocycles. The zero-order valence-corrected chi connectivity index (χ0v) is 11.4. The van der Waals surface area contributed by atoms with E-state index in [0.29, 0.717) is 17.7 Å². The standard InChI is InChI=1S/C14H17F3N2O2/c15-14(16,17)19-8-4-7-12(19)9-18-13(20)21-10-11-5-2-1-3-6-11/h1-3,5-6,12H,4,7-10H2,(H,18,20)/t12-/m1/s1. The van der Waals surface area contributed by atoms with Crippen molar-refractivity contribution in [3.05, 3.63) is 35.9 Å². The van der Waals surface area contributed by atoms with Crippen molar-refractivity contribution in [1.82, 2.24) is 10.2 Å². The number of alkyl halides is 3. The smallest absolute Gasteiger partial charge is 0.445 e. The Labute approximate surface area is 120 Å². The van der Waals surface area contributed by atoms with Gasteiger partial charge in [0.05, 0.1) is 0 Å². The number of hydrogen-bond acceptors (Lipinski definition) is 3. The van der Waals surface area contributed by atoms with Crippen LogP contribution in [0.5, 0.6) is 0 Å². The average molecular weight is 302 g/mol. The molecule has 21 heavy (non-hydrogen) atoms. The second-order valence-electron chi connectivity index (χ2n) is 4.90. The molecule has 1 aliphatic rings. The molecule has 0 saturated carbocycles. The van der Waals surface area contributed by atoms with Gasteiger partial charge in [0.25, 0.3) is 0 Å². The topological polar surface area (TPSA) is 41.6 Å². The minimum atomic E-state index is -4.35. The Morgan fingerprint density at radius 1 is 1.33 bits per heavy atom. The number of amides is 1. The third-order valence-electron chi connectivity index (χ3n) is 3.40. The van der Waals surface area contributed by atoms with Gasteiger partial charge in [-0.2, -0.15) is 13.2 Å². The van der Waals surface area contributed by atoms with E-state index in [9.17, 15) is 18.0 Å². The summed E-state index contributed by atoms with van der Waals surface area (Å²) in [7, 11) is 0. The summed E-state index contributed by atoms with van der Waals surface area (Å²) in [4.78, 5) is 12.0. The van der Waals surface area contributed by atoms with E-state index in [-0.39, 0.29) is 19.7 Å². The van der Waals surface area contributed by atoms with Gasteiger partial charge < -0.3 is 10.1 Å². The molecule has 7 heteroatoms. The average Bonchev–Trinajstić information content (AvgIpc) is 2.92. The third-order valence-corrected chi connectivity index (χ3v) is 3.40. The maximum absolute atomic E-state index is 12.7. The second-order valence-corrected chi connectivity index (χ2v) is 4.90. The molecule has 0 aromatic heterocycles. The first-order valence-electron chi connectivity index (χ1n) is 6.75. The number of benzene rings is 1. The molecule has 1 aliphatic heterocycles. The number of alkyl carbamates (subject to hydrolysis) is 1. The lowest BCUT2D eigenvalue weighted by molar-refractivity contribution is -0.249. The number of ether oxygens (including phenoxy) is 1. The molecule has 0 radical (unpaired) electrons. The first-order valence-corrected chi connectivity index (χ1v) is 6.75. The van der Waals surface area contributed by atoms with Crippen LogP contribution in [-0.4, -0.2) is 36.4 Å². The Bertz CT molecular complexity index is 465. The molecule has 0 spiro atoms. The van der Waals surface area contributed by atoms with Gasteiger partial charge in [-0.25, -0.2) is 9.69 Å². The van der Waals surface area contributed by atoms with Gasteiger partial charge in [0.15, 0.2) is 0 Å². The van der Waals surface area contributed by atoms with E-state index in [0.717, 1.165) is 5.56 Å². The molecule has 0 bridgehead atoms. The summed E-state index contributed by atoms with van der Waals surface area (Å²) in [6, 6.07) is 8.36. The van der Waals surface area contributed by atoms with Crippen molar-refractivity contribution in [3.63, 3.8) is 0 Å². The second kappa shape index (κ2) is 6.80. The van der Waals surface area contributed by atoms with E-state index in [1.807, 2.05) is 18.2 Å². The highest BCUT2D eigenvalue weighted by Gasteiger charge is 2.44. The highest BCUT2D eigenvalue weighted by atomic mass is 19.4. The van der Waals surface area contributed by atoms with Gasteiger partial charge in [-0.05, 0) is 18.4 Å². The maximum atomic E-state index is 12.7. The summed E-state index contributed by atoms with van der Waals surface area (Å²) >= 11 is 0. The largest absolute Gasteiger partial charge is 0.460 e. The summed E-state index contributed by atoms with van der Waals surface area (Å²) in [6.07, 6.45) is -4.16. The minimum absolute atomic E-state index is 0.0189. The van der Waals surface area contributed by atoms with Crippen molar-refractivity contribution in [2.24, 2.45) is 0 Å². The lowest BCUT2D eigenvalue weighted by Crippen LogP contribution is -2.47. The van der Waals surface area contributed by atoms with Gasteiger partial charge in [0.1, 0.15) is 6.61 Å². The molecular formula is C14H17F3N2O2. The van der Waals surface area contributed by atoms with Crippen LogP contribution in [0.4, 0.5) is 18.0 Å². The van der Waals surface area contributed by atoms with Crippen LogP contribution in [0.3, 0.4) is 0 Å². The third kappa shape index (κ3) is 4.63. The van der Waals surface area contributed by atoms with Crippen LogP contribution in [-0.2, 0) is 11.3 Å². The first kappa shape index (κ1) is 15.6. The molecule has 1 heterocycles. The Balaban J connectivity index is 1.74. The Morgan fingerprint density at radius 3 is 2.71 bits per heavy atom. The molecular weight excluding hydrogens is 285 g/mol. The van der Waals surface area contributed by atoms with Crippen molar-refractivity contribution in [2.75, 3.05) is 13.1 Å². The summed E-state index contributed by atoms with van der Waals surface area (Å²) in [5.74, 6) is 0. The normalized spacial score (nSPS) is 19.5. The van der Waals surface area contributed by atoms with Gasteiger partial charge in [0, 0.05) is 19.1 Å². The Morgan fingerprint density at radius 2 is 2.05 bits per heavy atom. The van der Waals surface area contributed by atoms with Gasteiger partial charge >= 0.3 is 12.4 Å². The fraction of sp³-hybridized carbons (Fsp3) is 0.500. The van der Waals surface area contributed by atoms with E-state index in [1.54, 1.807) is 12.1 Å². The van der Waals surface area contributed by atoms with E-state index < -0.39 is 18.4 Å². The summed E-state index contributed by atoms with van der Waals surface area (Å²) in [6.45, 7) is 0.0162. The van der Waals surface area contributed by atoms with Crippen LogP contribution >= 0.6 is 0 Å². The molecule has 1 saturated heterocycles. The number of rotatable bonds is 4. The predicted molar refractivity (Wildman–Crippen MR) is 70.4 cm³/mol. The summed E-state index contributed by atoms with van der Waals surface area (Å²) < 4.78 is 43.0. The fourth-order valence-corrected chi connectivity index (χ4v) is 2.36. The molecule has 1 aromatic carbocycles. The number of carbonyl (C=O) groups excluding carboxylic acids is 1. The van der Waals surface area contributed by atoms with Crippen LogP contribution in [0.25, 0.3) is 0 Å². The SMILES string of the molecule is O=C(NC[C@H]1CCCN1C(F)(F)F)OCc1ccccc1. The molecule has 1 N–H and O–H groups in total. The van der Waals surface area contributed by atoms with Gasteiger partial charge in [-0.15, -0.1) is 0 Å². The predicted octanol–water partition coefficient (Wildman–Crippen LogP) is 2.90.